The molecule has 0 aliphatic rings. The van der Waals surface area contributed by atoms with E-state index in [1.165, 1.54) is 0 Å². The molecule has 4 aromatic heterocycles. The number of hydrogen-bond donors (Lipinski definition) is 1. The van der Waals surface area contributed by atoms with Gasteiger partial charge >= 0.3 is 0 Å². The molecule has 0 atom stereocenters. The van der Waals surface area contributed by atoms with Crippen LogP contribution < -0.4 is 0 Å². The molecule has 0 amide bonds. The van der Waals surface area contributed by atoms with Gasteiger partial charge < -0.3 is 0 Å². The van der Waals surface area contributed by atoms with Gasteiger partial charge in [0.15, 0.2) is 0 Å². The second kappa shape index (κ2) is 8.37. The van der Waals surface area contributed by atoms with Gasteiger partial charge in [0, 0.05) is 45.1 Å². The monoisotopic (exact) mass is 514 g/mol. The zero-order chi connectivity index (χ0) is 25.9. The van der Waals surface area contributed by atoms with Gasteiger partial charge in [0.05, 0.1) is 33.5 Å². The van der Waals surface area contributed by atoms with Crippen LogP contribution in [0.4, 0.5) is 0 Å². The average molecular weight is 515 g/mol. The molecule has 8 heteroatoms. The third kappa shape index (κ3) is 3.58. The van der Waals surface area contributed by atoms with Gasteiger partial charge in [-0.05, 0) is 24.3 Å². The minimum atomic E-state index is -4.66. The molecule has 7 rings (SSSR count). The normalized spacial score (nSPS) is 12.0. The van der Waals surface area contributed by atoms with Crippen LogP contribution in [0.5, 0.6) is 0 Å². The number of aromatic nitrogens is 4. The van der Waals surface area contributed by atoms with Crippen molar-refractivity contribution in [3.63, 3.8) is 0 Å². The molecule has 0 fully saturated rings. The first-order valence-corrected chi connectivity index (χ1v) is 13.3. The summed E-state index contributed by atoms with van der Waals surface area (Å²) in [5, 5.41) is 3.60. The third-order valence-electron chi connectivity index (χ3n) is 6.69. The average Bonchev–Trinajstić information content (AvgIpc) is 2.95. The van der Waals surface area contributed by atoms with E-state index in [-0.39, 0.29) is 16.0 Å². The summed E-state index contributed by atoms with van der Waals surface area (Å²) >= 11 is 0. The van der Waals surface area contributed by atoms with Crippen molar-refractivity contribution in [3.05, 3.63) is 103 Å². The van der Waals surface area contributed by atoms with E-state index in [1.54, 1.807) is 42.7 Å². The van der Waals surface area contributed by atoms with E-state index in [2.05, 4.69) is 9.97 Å². The number of nitrogens with zero attached hydrogens (tertiary/aromatic N) is 4. The van der Waals surface area contributed by atoms with Crippen molar-refractivity contribution in [2.24, 2.45) is 0 Å². The Morgan fingerprint density at radius 1 is 0.500 bits per heavy atom. The predicted octanol–water partition coefficient (Wildman–Crippen LogP) is 6.46. The van der Waals surface area contributed by atoms with Gasteiger partial charge in [-0.15, -0.1) is 0 Å². The highest BCUT2D eigenvalue weighted by Crippen LogP contribution is 2.37. The highest BCUT2D eigenvalue weighted by molar-refractivity contribution is 7.86. The van der Waals surface area contributed by atoms with Crippen molar-refractivity contribution < 1.29 is 13.0 Å². The molecular weight excluding hydrogens is 496 g/mol. The van der Waals surface area contributed by atoms with Crippen LogP contribution in [-0.4, -0.2) is 32.9 Å². The Morgan fingerprint density at radius 3 is 1.37 bits per heavy atom. The molecule has 7 aromatic rings. The van der Waals surface area contributed by atoms with Crippen molar-refractivity contribution in [2.75, 3.05) is 0 Å². The summed E-state index contributed by atoms with van der Waals surface area (Å²) in [5.41, 5.74) is 4.08. The summed E-state index contributed by atoms with van der Waals surface area (Å²) in [6, 6.07) is 27.7. The van der Waals surface area contributed by atoms with Gasteiger partial charge in [0.25, 0.3) is 10.1 Å². The van der Waals surface area contributed by atoms with Crippen molar-refractivity contribution in [1.82, 2.24) is 19.9 Å². The predicted molar refractivity (Wildman–Crippen MR) is 148 cm³/mol. The molecule has 0 bridgehead atoms. The molecule has 38 heavy (non-hydrogen) atoms. The third-order valence-corrected chi connectivity index (χ3v) is 7.64. The topological polar surface area (TPSA) is 106 Å². The largest absolute Gasteiger partial charge is 0.295 e. The molecule has 7 nitrogen and oxygen atoms in total. The van der Waals surface area contributed by atoms with Gasteiger partial charge in [-0.1, -0.05) is 66.7 Å². The van der Waals surface area contributed by atoms with Crippen LogP contribution in [0.2, 0.25) is 0 Å². The highest BCUT2D eigenvalue weighted by atomic mass is 32.2. The van der Waals surface area contributed by atoms with Crippen molar-refractivity contribution in [2.45, 2.75) is 4.90 Å². The molecule has 0 aliphatic carbocycles. The lowest BCUT2D eigenvalue weighted by atomic mass is 10.0. The zero-order valence-corrected chi connectivity index (χ0v) is 20.6. The van der Waals surface area contributed by atoms with Gasteiger partial charge in [-0.25, -0.2) is 9.97 Å². The summed E-state index contributed by atoms with van der Waals surface area (Å²) < 4.78 is 36.1. The quantitative estimate of drug-likeness (QED) is 0.213. The second-order valence-electron chi connectivity index (χ2n) is 8.98. The van der Waals surface area contributed by atoms with E-state index in [1.807, 2.05) is 60.7 Å². The van der Waals surface area contributed by atoms with Crippen LogP contribution in [0, 0.1) is 0 Å². The molecule has 1 N–H and O–H groups in total. The maximum atomic E-state index is 12.8. The molecule has 0 saturated heterocycles. The minimum Gasteiger partial charge on any atom is -0.282 e. The Bertz CT molecular complexity index is 2040. The highest BCUT2D eigenvalue weighted by Gasteiger charge is 2.24. The van der Waals surface area contributed by atoms with E-state index in [0.29, 0.717) is 33.5 Å². The molecule has 0 unspecified atom stereocenters. The fraction of sp³-hybridized carbons (Fsp3) is 0. The molecular formula is C30H18N4O3S. The first-order valence-electron chi connectivity index (χ1n) is 11.9. The molecule has 0 radical (unpaired) electrons. The van der Waals surface area contributed by atoms with Crippen molar-refractivity contribution in [1.29, 1.82) is 0 Å². The Kier molecular flexibility index (Phi) is 4.94. The van der Waals surface area contributed by atoms with E-state index >= 15 is 0 Å². The Labute approximate surface area is 217 Å². The van der Waals surface area contributed by atoms with Gasteiger partial charge in [-0.3, -0.25) is 14.5 Å². The number of pyridine rings is 4. The summed E-state index contributed by atoms with van der Waals surface area (Å²) in [5.74, 6) is 0. The lowest BCUT2D eigenvalue weighted by Gasteiger charge is -2.14. The van der Waals surface area contributed by atoms with E-state index in [0.717, 1.165) is 21.5 Å². The lowest BCUT2D eigenvalue weighted by molar-refractivity contribution is 0.484. The van der Waals surface area contributed by atoms with Gasteiger partial charge in [0.1, 0.15) is 4.90 Å². The second-order valence-corrected chi connectivity index (χ2v) is 10.3. The first-order chi connectivity index (χ1) is 18.5. The zero-order valence-electron chi connectivity index (χ0n) is 19.8. The fourth-order valence-electron chi connectivity index (χ4n) is 4.97. The van der Waals surface area contributed by atoms with Crippen LogP contribution in [-0.2, 0) is 10.1 Å². The van der Waals surface area contributed by atoms with E-state index < -0.39 is 10.1 Å². The minimum absolute atomic E-state index is 0.250. The summed E-state index contributed by atoms with van der Waals surface area (Å²) in [4.78, 5) is 18.3. The smallest absolute Gasteiger partial charge is 0.282 e. The lowest BCUT2D eigenvalue weighted by Crippen LogP contribution is -2.05. The summed E-state index contributed by atoms with van der Waals surface area (Å²) in [7, 11) is -4.66. The number of hydrogen-bond acceptors (Lipinski definition) is 6. The van der Waals surface area contributed by atoms with Crippen LogP contribution in [0.25, 0.3) is 66.1 Å². The molecule has 3 aromatic carbocycles. The van der Waals surface area contributed by atoms with E-state index in [4.69, 9.17) is 9.97 Å². The molecule has 182 valence electrons. The van der Waals surface area contributed by atoms with Crippen molar-refractivity contribution in [3.8, 4) is 22.5 Å². The molecule has 4 heterocycles. The van der Waals surface area contributed by atoms with Gasteiger partial charge in [0.2, 0.25) is 0 Å². The Morgan fingerprint density at radius 2 is 0.921 bits per heavy atom. The van der Waals surface area contributed by atoms with E-state index in [9.17, 15) is 13.0 Å². The Balaban J connectivity index is 1.50. The summed E-state index contributed by atoms with van der Waals surface area (Å²) in [6.07, 6.45) is 3.40. The molecule has 0 spiro atoms. The van der Waals surface area contributed by atoms with Crippen LogP contribution in [0.1, 0.15) is 0 Å². The fourth-order valence-corrected chi connectivity index (χ4v) is 5.87. The number of benzene rings is 3. The Hall–Kier alpha value is -4.79. The maximum Gasteiger partial charge on any atom is 0.295 e. The van der Waals surface area contributed by atoms with Crippen LogP contribution >= 0.6 is 0 Å². The number of fused-ring (bicyclic) bond motifs is 6. The van der Waals surface area contributed by atoms with Crippen LogP contribution in [0.3, 0.4) is 0 Å². The van der Waals surface area contributed by atoms with Crippen LogP contribution in [0.15, 0.2) is 108 Å². The van der Waals surface area contributed by atoms with Crippen molar-refractivity contribution >= 4 is 53.7 Å². The standard InChI is InChI=1S/C30H18N4O3S/c35-38(36,37)30-22(24-14-12-20-10-8-18-4-2-16-31-26(18)28(20)33-24)6-1-7-23(30)25-15-13-21-11-9-19-5-3-17-32-27(19)29(21)34-25/h1-17H,(H,35,36,37). The number of rotatable bonds is 3. The molecule has 0 aliphatic heterocycles. The van der Waals surface area contributed by atoms with Gasteiger partial charge in [-0.2, -0.15) is 8.42 Å². The SMILES string of the molecule is O=S(=O)(O)c1c(-c2ccc3ccc4cccnc4c3n2)cccc1-c1ccc2ccc3cccnc3c2n1. The molecule has 0 saturated carbocycles. The maximum absolute atomic E-state index is 12.8. The summed E-state index contributed by atoms with van der Waals surface area (Å²) in [6.45, 7) is 0. The first kappa shape index (κ1) is 22.4.